The molecule has 0 aliphatic rings. The predicted molar refractivity (Wildman–Crippen MR) is 83.0 cm³/mol. The summed E-state index contributed by atoms with van der Waals surface area (Å²) in [5, 5.41) is 0. The van der Waals surface area contributed by atoms with E-state index in [4.69, 9.17) is 4.74 Å². The Morgan fingerprint density at radius 3 is 2.06 bits per heavy atom. The summed E-state index contributed by atoms with van der Waals surface area (Å²) in [4.78, 5) is 0. The third-order valence-electron chi connectivity index (χ3n) is 2.98. The van der Waals surface area contributed by atoms with Crippen LogP contribution in [0.2, 0.25) is 0 Å². The molecule has 0 saturated heterocycles. The Balaban J connectivity index is 2.57. The van der Waals surface area contributed by atoms with E-state index in [1.54, 1.807) is 7.11 Å². The van der Waals surface area contributed by atoms with Gasteiger partial charge in [0.2, 0.25) is 0 Å². The fourth-order valence-corrected chi connectivity index (χ4v) is 4.24. The van der Waals surface area contributed by atoms with Gasteiger partial charge in [-0.25, -0.2) is 0 Å². The van der Waals surface area contributed by atoms with Crippen LogP contribution < -0.4 is 4.74 Å². The average molecular weight is 264 g/mol. The van der Waals surface area contributed by atoms with Gasteiger partial charge in [0.15, 0.2) is 0 Å². The molecule has 0 bridgehead atoms. The Bertz CT molecular complexity index is 357. The van der Waals surface area contributed by atoms with Gasteiger partial charge in [0.25, 0.3) is 0 Å². The molecule has 0 fully saturated rings. The van der Waals surface area contributed by atoms with Gasteiger partial charge >= 0.3 is 0 Å². The highest BCUT2D eigenvalue weighted by Crippen LogP contribution is 2.47. The maximum absolute atomic E-state index is 5.16. The summed E-state index contributed by atoms with van der Waals surface area (Å²) in [6.07, 6.45) is 3.34. The first-order valence-electron chi connectivity index (χ1n) is 6.61. The predicted octanol–water partition coefficient (Wildman–Crippen LogP) is 5.05. The van der Waals surface area contributed by atoms with Crippen LogP contribution in [0.3, 0.4) is 0 Å². The van der Waals surface area contributed by atoms with Crippen LogP contribution in [-0.4, -0.2) is 18.4 Å². The van der Waals surface area contributed by atoms with Gasteiger partial charge in [-0.2, -0.15) is 0 Å². The van der Waals surface area contributed by atoms with Crippen LogP contribution in [0.1, 0.15) is 33.3 Å². The SMILES string of the molecule is COc1ccc(CC=CP(C(C)C)C(C)C)cc1. The lowest BCUT2D eigenvalue weighted by atomic mass is 10.1. The van der Waals surface area contributed by atoms with E-state index in [1.807, 2.05) is 12.1 Å². The fourth-order valence-electron chi connectivity index (χ4n) is 2.01. The number of methoxy groups -OCH3 is 1. The zero-order chi connectivity index (χ0) is 13.5. The second kappa shape index (κ2) is 7.59. The van der Waals surface area contributed by atoms with Gasteiger partial charge in [-0.05, 0) is 35.4 Å². The Morgan fingerprint density at radius 1 is 1.06 bits per heavy atom. The van der Waals surface area contributed by atoms with Gasteiger partial charge in [-0.1, -0.05) is 59.6 Å². The minimum absolute atomic E-state index is 0.0105. The first-order chi connectivity index (χ1) is 8.54. The normalized spacial score (nSPS) is 12.0. The van der Waals surface area contributed by atoms with Gasteiger partial charge in [0.1, 0.15) is 5.75 Å². The molecule has 0 amide bonds. The molecule has 100 valence electrons. The van der Waals surface area contributed by atoms with E-state index in [-0.39, 0.29) is 7.92 Å². The minimum Gasteiger partial charge on any atom is -0.497 e. The third kappa shape index (κ3) is 4.82. The number of hydrogen-bond acceptors (Lipinski definition) is 1. The van der Waals surface area contributed by atoms with Crippen LogP contribution in [0, 0.1) is 0 Å². The van der Waals surface area contributed by atoms with Crippen molar-refractivity contribution in [2.45, 2.75) is 45.4 Å². The Labute approximate surface area is 113 Å². The first kappa shape index (κ1) is 15.2. The van der Waals surface area contributed by atoms with E-state index >= 15 is 0 Å². The van der Waals surface area contributed by atoms with Gasteiger partial charge in [0, 0.05) is 0 Å². The van der Waals surface area contributed by atoms with Gasteiger partial charge in [-0.15, -0.1) is 0 Å². The van der Waals surface area contributed by atoms with E-state index < -0.39 is 0 Å². The van der Waals surface area contributed by atoms with E-state index in [1.165, 1.54) is 5.56 Å². The molecule has 0 aliphatic carbocycles. The molecule has 0 heterocycles. The summed E-state index contributed by atoms with van der Waals surface area (Å²) < 4.78 is 5.16. The zero-order valence-electron chi connectivity index (χ0n) is 12.2. The molecule has 0 aromatic heterocycles. The van der Waals surface area contributed by atoms with Crippen LogP contribution in [-0.2, 0) is 6.42 Å². The monoisotopic (exact) mass is 264 g/mol. The van der Waals surface area contributed by atoms with Crippen molar-refractivity contribution in [3.8, 4) is 5.75 Å². The molecular weight excluding hydrogens is 239 g/mol. The van der Waals surface area contributed by atoms with Crippen molar-refractivity contribution >= 4 is 7.92 Å². The summed E-state index contributed by atoms with van der Waals surface area (Å²) in [5.74, 6) is 3.36. The highest BCUT2D eigenvalue weighted by molar-refractivity contribution is 7.62. The Hall–Kier alpha value is -0.810. The molecule has 0 saturated carbocycles. The quantitative estimate of drug-likeness (QED) is 0.653. The van der Waals surface area contributed by atoms with Crippen LogP contribution >= 0.6 is 7.92 Å². The maximum atomic E-state index is 5.16. The van der Waals surface area contributed by atoms with E-state index in [2.05, 4.69) is 51.7 Å². The molecule has 0 atom stereocenters. The number of hydrogen-bond donors (Lipinski definition) is 0. The lowest BCUT2D eigenvalue weighted by Crippen LogP contribution is -2.00. The van der Waals surface area contributed by atoms with Gasteiger partial charge in [-0.3, -0.25) is 0 Å². The van der Waals surface area contributed by atoms with Crippen molar-refractivity contribution in [3.63, 3.8) is 0 Å². The zero-order valence-corrected chi connectivity index (χ0v) is 13.1. The topological polar surface area (TPSA) is 9.23 Å². The molecule has 0 unspecified atom stereocenters. The molecule has 1 aromatic rings. The fraction of sp³-hybridized carbons (Fsp3) is 0.500. The number of benzene rings is 1. The van der Waals surface area contributed by atoms with Crippen LogP contribution in [0.4, 0.5) is 0 Å². The summed E-state index contributed by atoms with van der Waals surface area (Å²) in [7, 11) is 1.71. The number of rotatable bonds is 6. The molecule has 1 rings (SSSR count). The van der Waals surface area contributed by atoms with E-state index in [0.717, 1.165) is 23.5 Å². The molecule has 0 spiro atoms. The van der Waals surface area contributed by atoms with Crippen molar-refractivity contribution in [2.24, 2.45) is 0 Å². The first-order valence-corrected chi connectivity index (χ1v) is 8.16. The molecule has 18 heavy (non-hydrogen) atoms. The van der Waals surface area contributed by atoms with Crippen LogP contribution in [0.25, 0.3) is 0 Å². The second-order valence-corrected chi connectivity index (χ2v) is 8.33. The molecule has 0 radical (unpaired) electrons. The van der Waals surface area contributed by atoms with Crippen molar-refractivity contribution in [3.05, 3.63) is 41.7 Å². The molecule has 2 heteroatoms. The van der Waals surface area contributed by atoms with E-state index in [9.17, 15) is 0 Å². The number of allylic oxidation sites excluding steroid dienone is 1. The highest BCUT2D eigenvalue weighted by Gasteiger charge is 2.12. The van der Waals surface area contributed by atoms with Gasteiger partial charge in [0.05, 0.1) is 7.11 Å². The summed E-state index contributed by atoms with van der Waals surface area (Å²) in [6, 6.07) is 8.32. The van der Waals surface area contributed by atoms with Crippen molar-refractivity contribution in [2.75, 3.05) is 7.11 Å². The molecule has 0 N–H and O–H groups in total. The van der Waals surface area contributed by atoms with Crippen LogP contribution in [0.15, 0.2) is 36.2 Å². The highest BCUT2D eigenvalue weighted by atomic mass is 31.1. The smallest absolute Gasteiger partial charge is 0.118 e. The standard InChI is InChI=1S/C16H25OP/c1-13(2)18(14(3)4)12-6-7-15-8-10-16(17-5)11-9-15/h6,8-14H,7H2,1-5H3. The second-order valence-electron chi connectivity index (χ2n) is 5.07. The number of ether oxygens (including phenoxy) is 1. The lowest BCUT2D eigenvalue weighted by Gasteiger charge is -2.21. The van der Waals surface area contributed by atoms with Crippen molar-refractivity contribution < 1.29 is 4.74 Å². The minimum atomic E-state index is 0.0105. The molecule has 1 aromatic carbocycles. The van der Waals surface area contributed by atoms with Gasteiger partial charge < -0.3 is 4.74 Å². The maximum Gasteiger partial charge on any atom is 0.118 e. The lowest BCUT2D eigenvalue weighted by molar-refractivity contribution is 0.414. The van der Waals surface area contributed by atoms with Crippen molar-refractivity contribution in [1.82, 2.24) is 0 Å². The van der Waals surface area contributed by atoms with Crippen LogP contribution in [0.5, 0.6) is 5.75 Å². The Kier molecular flexibility index (Phi) is 6.43. The Morgan fingerprint density at radius 2 is 1.61 bits per heavy atom. The molecular formula is C16H25OP. The van der Waals surface area contributed by atoms with E-state index in [0.29, 0.717) is 0 Å². The van der Waals surface area contributed by atoms with Crippen molar-refractivity contribution in [1.29, 1.82) is 0 Å². The summed E-state index contributed by atoms with van der Waals surface area (Å²) >= 11 is 0. The largest absolute Gasteiger partial charge is 0.497 e. The molecule has 0 aliphatic heterocycles. The average Bonchev–Trinajstić information content (AvgIpc) is 2.34. The third-order valence-corrected chi connectivity index (χ3v) is 5.92. The molecule has 1 nitrogen and oxygen atoms in total. The summed E-state index contributed by atoms with van der Waals surface area (Å²) in [5.41, 5.74) is 2.88. The summed E-state index contributed by atoms with van der Waals surface area (Å²) in [6.45, 7) is 9.29.